The Balaban J connectivity index is 1.61. The molecule has 0 radical (unpaired) electrons. The predicted octanol–water partition coefficient (Wildman–Crippen LogP) is 3.32. The van der Waals surface area contributed by atoms with Crippen LogP contribution in [0.2, 0.25) is 0 Å². The number of methoxy groups -OCH3 is 1. The van der Waals surface area contributed by atoms with Gasteiger partial charge in [0, 0.05) is 17.5 Å². The Hall–Kier alpha value is -2.94. The van der Waals surface area contributed by atoms with Gasteiger partial charge in [0.2, 0.25) is 0 Å². The summed E-state index contributed by atoms with van der Waals surface area (Å²) in [6.07, 6.45) is 0. The molecule has 0 saturated heterocycles. The van der Waals surface area contributed by atoms with Gasteiger partial charge in [-0.2, -0.15) is 5.10 Å². The number of rotatable bonds is 8. The number of ether oxygens (including phenoxy) is 1. The summed E-state index contributed by atoms with van der Waals surface area (Å²) in [5.41, 5.74) is 2.05. The van der Waals surface area contributed by atoms with Gasteiger partial charge in [-0.25, -0.2) is 15.0 Å². The van der Waals surface area contributed by atoms with Gasteiger partial charge in [0.15, 0.2) is 11.8 Å². The Bertz CT molecular complexity index is 930. The van der Waals surface area contributed by atoms with Crippen LogP contribution in [0.15, 0.2) is 34.6 Å². The molecular weight excluding hydrogens is 386 g/mol. The zero-order valence-electron chi connectivity index (χ0n) is 17.2. The molecule has 9 heteroatoms. The topological polar surface area (TPSA) is 100 Å². The number of guanidine groups is 1. The molecule has 0 unspecified atom stereocenters. The minimum Gasteiger partial charge on any atom is -0.497 e. The Morgan fingerprint density at radius 3 is 2.66 bits per heavy atom. The highest BCUT2D eigenvalue weighted by atomic mass is 32.1. The number of nitrogens with one attached hydrogen (secondary N) is 3. The van der Waals surface area contributed by atoms with Crippen molar-refractivity contribution in [2.24, 2.45) is 4.99 Å². The van der Waals surface area contributed by atoms with Crippen molar-refractivity contribution in [2.45, 2.75) is 39.8 Å². The van der Waals surface area contributed by atoms with Crippen molar-refractivity contribution in [1.29, 1.82) is 0 Å². The molecule has 3 aromatic rings. The highest BCUT2D eigenvalue weighted by Gasteiger charge is 2.08. The van der Waals surface area contributed by atoms with E-state index in [0.717, 1.165) is 34.5 Å². The fourth-order valence-electron chi connectivity index (χ4n) is 2.56. The summed E-state index contributed by atoms with van der Waals surface area (Å²) in [6.45, 7) is 8.14. The molecule has 0 fully saturated rings. The van der Waals surface area contributed by atoms with E-state index in [1.54, 1.807) is 18.4 Å². The van der Waals surface area contributed by atoms with Crippen molar-refractivity contribution >= 4 is 17.3 Å². The summed E-state index contributed by atoms with van der Waals surface area (Å²) < 4.78 is 5.18. The van der Waals surface area contributed by atoms with Crippen LogP contribution in [0.5, 0.6) is 5.75 Å². The normalized spacial score (nSPS) is 11.7. The van der Waals surface area contributed by atoms with E-state index in [1.165, 1.54) is 0 Å². The number of aliphatic imine (C=N–C) groups is 1. The van der Waals surface area contributed by atoms with Crippen molar-refractivity contribution in [2.75, 3.05) is 13.7 Å². The zero-order chi connectivity index (χ0) is 20.6. The molecule has 0 aliphatic heterocycles. The number of H-pyrrole nitrogens is 1. The number of benzene rings is 1. The third kappa shape index (κ3) is 5.77. The average molecular weight is 414 g/mol. The second kappa shape index (κ2) is 10.0. The SMILES string of the molecule is CCNC(=NCc1nc(-c2ccc(OC)cc2)n[nH]1)NCc1nc(C(C)C)cs1. The molecule has 0 atom stereocenters. The lowest BCUT2D eigenvalue weighted by Gasteiger charge is -2.09. The van der Waals surface area contributed by atoms with E-state index in [2.05, 4.69) is 55.0 Å². The molecule has 0 aliphatic carbocycles. The molecule has 0 spiro atoms. The first-order chi connectivity index (χ1) is 14.1. The van der Waals surface area contributed by atoms with Crippen LogP contribution in [-0.4, -0.2) is 39.8 Å². The van der Waals surface area contributed by atoms with E-state index >= 15 is 0 Å². The van der Waals surface area contributed by atoms with Gasteiger partial charge in [0.25, 0.3) is 0 Å². The molecule has 29 heavy (non-hydrogen) atoms. The summed E-state index contributed by atoms with van der Waals surface area (Å²) in [5, 5.41) is 17.0. The van der Waals surface area contributed by atoms with Crippen LogP contribution < -0.4 is 15.4 Å². The number of aromatic nitrogens is 4. The number of thiazole rings is 1. The number of hydrogen-bond acceptors (Lipinski definition) is 6. The largest absolute Gasteiger partial charge is 0.497 e. The van der Waals surface area contributed by atoms with E-state index in [1.807, 2.05) is 31.2 Å². The Morgan fingerprint density at radius 1 is 1.21 bits per heavy atom. The van der Waals surface area contributed by atoms with E-state index in [0.29, 0.717) is 30.7 Å². The Kier molecular flexibility index (Phi) is 7.18. The van der Waals surface area contributed by atoms with Crippen molar-refractivity contribution < 1.29 is 4.74 Å². The zero-order valence-corrected chi connectivity index (χ0v) is 18.0. The summed E-state index contributed by atoms with van der Waals surface area (Å²) in [6, 6.07) is 7.64. The lowest BCUT2D eigenvalue weighted by molar-refractivity contribution is 0.415. The van der Waals surface area contributed by atoms with E-state index < -0.39 is 0 Å². The van der Waals surface area contributed by atoms with Gasteiger partial charge in [-0.05, 0) is 37.1 Å². The first-order valence-electron chi connectivity index (χ1n) is 9.61. The van der Waals surface area contributed by atoms with Crippen LogP contribution in [0.1, 0.15) is 43.2 Å². The summed E-state index contributed by atoms with van der Waals surface area (Å²) in [4.78, 5) is 13.8. The minimum atomic E-state index is 0.396. The van der Waals surface area contributed by atoms with Crippen molar-refractivity contribution in [3.8, 4) is 17.1 Å². The van der Waals surface area contributed by atoms with Crippen molar-refractivity contribution in [3.05, 3.63) is 46.2 Å². The Morgan fingerprint density at radius 2 is 2.00 bits per heavy atom. The Labute approximate surface area is 174 Å². The van der Waals surface area contributed by atoms with E-state index in [9.17, 15) is 0 Å². The third-order valence-electron chi connectivity index (χ3n) is 4.18. The average Bonchev–Trinajstić information content (AvgIpc) is 3.40. The maximum atomic E-state index is 5.18. The van der Waals surface area contributed by atoms with Crippen LogP contribution in [0.25, 0.3) is 11.4 Å². The molecular formula is C20H27N7OS. The van der Waals surface area contributed by atoms with Crippen LogP contribution in [0, 0.1) is 0 Å². The van der Waals surface area contributed by atoms with Crippen LogP contribution in [-0.2, 0) is 13.1 Å². The minimum absolute atomic E-state index is 0.396. The number of hydrogen-bond donors (Lipinski definition) is 3. The molecule has 1 aromatic carbocycles. The van der Waals surface area contributed by atoms with Gasteiger partial charge in [-0.1, -0.05) is 13.8 Å². The predicted molar refractivity (Wildman–Crippen MR) is 116 cm³/mol. The molecule has 8 nitrogen and oxygen atoms in total. The quantitative estimate of drug-likeness (QED) is 0.387. The first-order valence-corrected chi connectivity index (χ1v) is 10.5. The smallest absolute Gasteiger partial charge is 0.192 e. The molecule has 3 rings (SSSR count). The van der Waals surface area contributed by atoms with Gasteiger partial charge in [-0.15, -0.1) is 11.3 Å². The molecule has 3 N–H and O–H groups in total. The highest BCUT2D eigenvalue weighted by molar-refractivity contribution is 7.09. The summed E-state index contributed by atoms with van der Waals surface area (Å²) in [5.74, 6) is 3.30. The van der Waals surface area contributed by atoms with Crippen molar-refractivity contribution in [1.82, 2.24) is 30.8 Å². The third-order valence-corrected chi connectivity index (χ3v) is 5.05. The molecule has 0 amide bonds. The van der Waals surface area contributed by atoms with Crippen molar-refractivity contribution in [3.63, 3.8) is 0 Å². The first kappa shape index (κ1) is 20.8. The van der Waals surface area contributed by atoms with Gasteiger partial charge < -0.3 is 15.4 Å². The lowest BCUT2D eigenvalue weighted by atomic mass is 10.2. The number of nitrogens with zero attached hydrogens (tertiary/aromatic N) is 4. The maximum Gasteiger partial charge on any atom is 0.192 e. The summed E-state index contributed by atoms with van der Waals surface area (Å²) >= 11 is 1.66. The van der Waals surface area contributed by atoms with Gasteiger partial charge in [0.1, 0.15) is 23.1 Å². The second-order valence-electron chi connectivity index (χ2n) is 6.70. The van der Waals surface area contributed by atoms with E-state index in [4.69, 9.17) is 4.74 Å². The van der Waals surface area contributed by atoms with Crippen LogP contribution >= 0.6 is 11.3 Å². The lowest BCUT2D eigenvalue weighted by Crippen LogP contribution is -2.36. The van der Waals surface area contributed by atoms with Gasteiger partial charge >= 0.3 is 0 Å². The molecule has 0 saturated carbocycles. The van der Waals surface area contributed by atoms with E-state index in [-0.39, 0.29) is 0 Å². The molecule has 0 bridgehead atoms. The van der Waals surface area contributed by atoms with Crippen LogP contribution in [0.3, 0.4) is 0 Å². The molecule has 0 aliphatic rings. The summed E-state index contributed by atoms with van der Waals surface area (Å²) in [7, 11) is 1.64. The fraction of sp³-hybridized carbons (Fsp3) is 0.400. The molecule has 2 aromatic heterocycles. The fourth-order valence-corrected chi connectivity index (χ4v) is 3.46. The maximum absolute atomic E-state index is 5.18. The standard InChI is InChI=1S/C20H27N7OS/c1-5-21-20(23-11-18-24-16(12-29-18)13(2)3)22-10-17-25-19(27-26-17)14-6-8-15(28-4)9-7-14/h6-9,12-13H,5,10-11H2,1-4H3,(H2,21,22,23)(H,25,26,27). The van der Waals surface area contributed by atoms with Crippen LogP contribution in [0.4, 0.5) is 0 Å². The molecule has 154 valence electrons. The monoisotopic (exact) mass is 413 g/mol. The van der Waals surface area contributed by atoms with Gasteiger partial charge in [0.05, 0.1) is 19.3 Å². The molecule has 2 heterocycles. The second-order valence-corrected chi connectivity index (χ2v) is 7.65. The number of aromatic amines is 1. The highest BCUT2D eigenvalue weighted by Crippen LogP contribution is 2.19. The van der Waals surface area contributed by atoms with Gasteiger partial charge in [-0.3, -0.25) is 5.10 Å².